The number of halogens is 4. The first-order chi connectivity index (χ1) is 19.1. The van der Waals surface area contributed by atoms with E-state index in [1.54, 1.807) is 36.4 Å². The zero-order chi connectivity index (χ0) is 29.7. The molecule has 5 N–H and O–H groups in total. The number of rotatable bonds is 7. The lowest BCUT2D eigenvalue weighted by Gasteiger charge is -2.32. The molecular formula is C26H24ClF3N4O5S2. The molecule has 0 bridgehead atoms. The average molecular weight is 629 g/mol. The summed E-state index contributed by atoms with van der Waals surface area (Å²) < 4.78 is 92.1. The van der Waals surface area contributed by atoms with E-state index in [0.29, 0.717) is 28.2 Å². The fourth-order valence-corrected chi connectivity index (χ4v) is 7.61. The molecule has 15 heteroatoms. The topological polar surface area (TPSA) is 144 Å². The van der Waals surface area contributed by atoms with Gasteiger partial charge in [0.1, 0.15) is 11.1 Å². The number of para-hydroxylation sites is 1. The molecule has 1 unspecified atom stereocenters. The Morgan fingerprint density at radius 2 is 1.85 bits per heavy atom. The largest absolute Gasteiger partial charge is 0.417 e. The Balaban J connectivity index is 1.49. The van der Waals surface area contributed by atoms with Crippen LogP contribution in [0.1, 0.15) is 45.8 Å². The maximum atomic E-state index is 13.4. The minimum absolute atomic E-state index is 0.0379. The van der Waals surface area contributed by atoms with Crippen LogP contribution >= 0.6 is 22.4 Å². The van der Waals surface area contributed by atoms with E-state index >= 15 is 0 Å². The fraction of sp³-hybridized carbons (Fsp3) is 0.231. The first-order valence-corrected chi connectivity index (χ1v) is 15.6. The van der Waals surface area contributed by atoms with Crippen molar-refractivity contribution in [3.8, 4) is 0 Å². The van der Waals surface area contributed by atoms with Crippen LogP contribution in [0.3, 0.4) is 0 Å². The highest BCUT2D eigenvalue weighted by Crippen LogP contribution is 2.56. The Morgan fingerprint density at radius 3 is 2.46 bits per heavy atom. The molecule has 2 heterocycles. The van der Waals surface area contributed by atoms with Crippen LogP contribution in [-0.2, 0) is 27.4 Å². The first kappa shape index (κ1) is 29.4. The number of sulfonamides is 1. The van der Waals surface area contributed by atoms with Crippen molar-refractivity contribution < 1.29 is 35.5 Å². The quantitative estimate of drug-likeness (QED) is 0.169. The van der Waals surface area contributed by atoms with Crippen molar-refractivity contribution in [2.24, 2.45) is 0 Å². The summed E-state index contributed by atoms with van der Waals surface area (Å²) in [6, 6.07) is 13.2. The number of alkyl halides is 3. The van der Waals surface area contributed by atoms with E-state index < -0.39 is 59.7 Å². The van der Waals surface area contributed by atoms with Crippen LogP contribution in [0.15, 0.2) is 65.6 Å². The van der Waals surface area contributed by atoms with Crippen LogP contribution in [0, 0.1) is 6.92 Å². The molecule has 1 aromatic heterocycles. The summed E-state index contributed by atoms with van der Waals surface area (Å²) in [6.07, 6.45) is -4.92. The van der Waals surface area contributed by atoms with Gasteiger partial charge in [-0.3, -0.25) is 18.6 Å². The summed E-state index contributed by atoms with van der Waals surface area (Å²) in [5.74, 6) is -0.240. The summed E-state index contributed by atoms with van der Waals surface area (Å²) in [4.78, 5) is 18.7. The number of carbonyl (C=O) groups is 1. The Morgan fingerprint density at radius 1 is 1.15 bits per heavy atom. The number of aromatic amines is 1. The molecule has 3 aromatic carbocycles. The lowest BCUT2D eigenvalue weighted by Crippen LogP contribution is -2.31. The maximum absolute atomic E-state index is 13.4. The monoisotopic (exact) mass is 628 g/mol. The maximum Gasteiger partial charge on any atom is 0.417 e. The lowest BCUT2D eigenvalue weighted by molar-refractivity contribution is -0.137. The van der Waals surface area contributed by atoms with Crippen molar-refractivity contribution in [2.75, 3.05) is 0 Å². The van der Waals surface area contributed by atoms with Gasteiger partial charge < -0.3 is 4.98 Å². The van der Waals surface area contributed by atoms with Gasteiger partial charge in [0, 0.05) is 0 Å². The second-order valence-corrected chi connectivity index (χ2v) is 13.7. The van der Waals surface area contributed by atoms with Gasteiger partial charge in [-0.25, -0.2) is 18.1 Å². The van der Waals surface area contributed by atoms with Crippen LogP contribution in [-0.4, -0.2) is 33.4 Å². The molecule has 1 saturated heterocycles. The third kappa shape index (κ3) is 6.08. The molecule has 1 aliphatic heterocycles. The van der Waals surface area contributed by atoms with E-state index in [1.165, 1.54) is 0 Å². The Hall–Kier alpha value is -3.14. The van der Waals surface area contributed by atoms with Gasteiger partial charge in [0.15, 0.2) is 0 Å². The molecule has 0 aliphatic carbocycles. The lowest BCUT2D eigenvalue weighted by atomic mass is 10.0. The number of amides is 1. The van der Waals surface area contributed by atoms with Crippen molar-refractivity contribution in [1.82, 2.24) is 19.4 Å². The van der Waals surface area contributed by atoms with Crippen LogP contribution in [0.2, 0.25) is 5.02 Å². The highest BCUT2D eigenvalue weighted by Gasteiger charge is 2.38. The Labute approximate surface area is 239 Å². The van der Waals surface area contributed by atoms with Gasteiger partial charge in [-0.1, -0.05) is 48.0 Å². The number of carbonyl (C=O) groups excluding carboxylic acids is 1. The molecule has 41 heavy (non-hydrogen) atoms. The molecule has 0 saturated carbocycles. The zero-order valence-electron chi connectivity index (χ0n) is 21.2. The molecule has 218 valence electrons. The molecule has 5 rings (SSSR count). The average Bonchev–Trinajstić information content (AvgIpc) is 3.44. The van der Waals surface area contributed by atoms with Crippen molar-refractivity contribution >= 4 is 49.3 Å². The minimum atomic E-state index is -4.86. The van der Waals surface area contributed by atoms with Crippen molar-refractivity contribution in [2.45, 2.75) is 42.1 Å². The smallest absolute Gasteiger partial charge is 0.340 e. The fourth-order valence-electron chi connectivity index (χ4n) is 4.67. The van der Waals surface area contributed by atoms with E-state index in [9.17, 15) is 35.5 Å². The highest BCUT2D eigenvalue weighted by atomic mass is 35.5. The van der Waals surface area contributed by atoms with Gasteiger partial charge in [-0.2, -0.15) is 13.2 Å². The molecule has 1 fully saturated rings. The Kier molecular flexibility index (Phi) is 7.59. The van der Waals surface area contributed by atoms with Crippen LogP contribution in [0.4, 0.5) is 13.2 Å². The SMILES string of the molecule is Cc1cccc2nc([C@H](Cc3ccc(C4CC(=O)NS4(O)O)cc3)NS(=O)(=O)c3ccc(Cl)c(C(F)(F)F)c3)[nH]c12. The van der Waals surface area contributed by atoms with Gasteiger partial charge in [0.2, 0.25) is 15.9 Å². The number of benzene rings is 3. The number of hydrogen-bond acceptors (Lipinski definition) is 6. The van der Waals surface area contributed by atoms with Crippen LogP contribution < -0.4 is 9.44 Å². The molecule has 4 aromatic rings. The summed E-state index contributed by atoms with van der Waals surface area (Å²) in [5, 5.41) is -1.46. The van der Waals surface area contributed by atoms with E-state index in [1.807, 2.05) is 13.0 Å². The normalized spacial score (nSPS) is 18.8. The number of aryl methyl sites for hydroxylation is 1. The van der Waals surface area contributed by atoms with Gasteiger partial charge in [-0.15, -0.1) is 10.8 Å². The van der Waals surface area contributed by atoms with Crippen molar-refractivity contribution in [1.29, 1.82) is 0 Å². The predicted molar refractivity (Wildman–Crippen MR) is 149 cm³/mol. The predicted octanol–water partition coefficient (Wildman–Crippen LogP) is 6.03. The van der Waals surface area contributed by atoms with Gasteiger partial charge in [0.05, 0.1) is 39.0 Å². The summed E-state index contributed by atoms with van der Waals surface area (Å²) in [5.41, 5.74) is 1.95. The molecule has 1 aliphatic rings. The van der Waals surface area contributed by atoms with E-state index in [-0.39, 0.29) is 18.7 Å². The zero-order valence-corrected chi connectivity index (χ0v) is 23.6. The second-order valence-electron chi connectivity index (χ2n) is 9.66. The number of nitrogens with one attached hydrogen (secondary N) is 3. The van der Waals surface area contributed by atoms with Crippen LogP contribution in [0.5, 0.6) is 0 Å². The summed E-state index contributed by atoms with van der Waals surface area (Å²) in [6.45, 7) is 1.85. The third-order valence-electron chi connectivity index (χ3n) is 6.75. The van der Waals surface area contributed by atoms with Gasteiger partial charge in [0.25, 0.3) is 0 Å². The second kappa shape index (κ2) is 10.6. The van der Waals surface area contributed by atoms with Gasteiger partial charge in [-0.05, 0) is 54.3 Å². The first-order valence-electron chi connectivity index (χ1n) is 12.1. The van der Waals surface area contributed by atoms with E-state index in [4.69, 9.17) is 11.6 Å². The number of aromatic nitrogens is 2. The number of hydrogen-bond donors (Lipinski definition) is 5. The van der Waals surface area contributed by atoms with Crippen molar-refractivity contribution in [3.63, 3.8) is 0 Å². The minimum Gasteiger partial charge on any atom is -0.340 e. The number of H-pyrrole nitrogens is 1. The molecule has 2 atom stereocenters. The highest BCUT2D eigenvalue weighted by molar-refractivity contribution is 8.23. The van der Waals surface area contributed by atoms with E-state index in [0.717, 1.165) is 17.7 Å². The van der Waals surface area contributed by atoms with Gasteiger partial charge >= 0.3 is 6.18 Å². The molecule has 1 amide bonds. The summed E-state index contributed by atoms with van der Waals surface area (Å²) >= 11 is 5.68. The molecular weight excluding hydrogens is 605 g/mol. The van der Waals surface area contributed by atoms with Crippen molar-refractivity contribution in [3.05, 3.63) is 93.8 Å². The number of nitrogens with zero attached hydrogens (tertiary/aromatic N) is 1. The third-order valence-corrected chi connectivity index (χ3v) is 10.3. The Bertz CT molecular complexity index is 1740. The number of imidazole rings is 1. The van der Waals surface area contributed by atoms with E-state index in [2.05, 4.69) is 19.4 Å². The molecule has 9 nitrogen and oxygen atoms in total. The van der Waals surface area contributed by atoms with Crippen LogP contribution in [0.25, 0.3) is 11.0 Å². The molecule has 0 spiro atoms. The number of fused-ring (bicyclic) bond motifs is 1. The molecule has 0 radical (unpaired) electrons. The summed E-state index contributed by atoms with van der Waals surface area (Å²) in [7, 11) is -7.85. The standard InChI is InChI=1S/C26H24ClF3N4O5S2/c1-14-3-2-4-20-24(14)32-25(31-20)21(33-40(36,37)17-9-10-19(27)18(12-17)26(28,29)30)11-15-5-7-16(8-6-15)22-13-23(35)34-41(22,38)39/h2-10,12,21-22,33,38-39H,11,13H2,1H3,(H,31,32)(H,34,35)/t21-,22?/m0/s1.